The van der Waals surface area contributed by atoms with Crippen LogP contribution in [0, 0.1) is 4.91 Å². The Morgan fingerprint density at radius 1 is 0.964 bits per heavy atom. The monoisotopic (exact) mass is 394 g/mol. The van der Waals surface area contributed by atoms with E-state index < -0.39 is 5.91 Å². The van der Waals surface area contributed by atoms with Crippen molar-refractivity contribution in [3.63, 3.8) is 0 Å². The van der Waals surface area contributed by atoms with Crippen molar-refractivity contribution in [2.24, 2.45) is 5.18 Å². The lowest BCUT2D eigenvalue weighted by molar-refractivity contribution is -0.118. The molecule has 3 aromatic carbocycles. The first-order valence-corrected chi connectivity index (χ1v) is 8.70. The van der Waals surface area contributed by atoms with E-state index in [4.69, 9.17) is 16.3 Å². The van der Waals surface area contributed by atoms with Crippen LogP contribution in [0.3, 0.4) is 0 Å². The van der Waals surface area contributed by atoms with Gasteiger partial charge in [-0.1, -0.05) is 41.9 Å². The predicted octanol–water partition coefficient (Wildman–Crippen LogP) is 4.99. The SMILES string of the molecule is O=Nc1ccc(NC(=O)COc2ccc(Cl)cc2C(=O)c2ccccc2)cc1. The number of nitroso groups, excluding NO2 is 1. The molecule has 140 valence electrons. The van der Waals surface area contributed by atoms with Crippen LogP contribution in [0.1, 0.15) is 15.9 Å². The molecule has 0 fully saturated rings. The molecule has 6 nitrogen and oxygen atoms in total. The largest absolute Gasteiger partial charge is 0.483 e. The molecular formula is C21H15ClN2O4. The highest BCUT2D eigenvalue weighted by Gasteiger charge is 2.16. The molecule has 0 saturated carbocycles. The number of ketones is 1. The van der Waals surface area contributed by atoms with Crippen LogP contribution in [-0.2, 0) is 4.79 Å². The summed E-state index contributed by atoms with van der Waals surface area (Å²) in [5.41, 5.74) is 1.52. The number of rotatable bonds is 7. The van der Waals surface area contributed by atoms with Gasteiger partial charge in [0.15, 0.2) is 12.4 Å². The summed E-state index contributed by atoms with van der Waals surface area (Å²) in [7, 11) is 0. The molecule has 3 aromatic rings. The molecule has 0 saturated heterocycles. The number of benzene rings is 3. The number of anilines is 1. The van der Waals surface area contributed by atoms with E-state index in [0.29, 0.717) is 16.3 Å². The fourth-order valence-electron chi connectivity index (χ4n) is 2.50. The summed E-state index contributed by atoms with van der Waals surface area (Å²) in [6.45, 7) is -0.301. The highest BCUT2D eigenvalue weighted by molar-refractivity contribution is 6.31. The second-order valence-corrected chi connectivity index (χ2v) is 6.25. The van der Waals surface area contributed by atoms with Crippen LogP contribution in [0.5, 0.6) is 5.75 Å². The summed E-state index contributed by atoms with van der Waals surface area (Å²) in [5.74, 6) is -0.413. The minimum atomic E-state index is -0.417. The zero-order chi connectivity index (χ0) is 19.9. The van der Waals surface area contributed by atoms with Gasteiger partial charge in [-0.25, -0.2) is 0 Å². The maximum atomic E-state index is 12.7. The maximum absolute atomic E-state index is 12.7. The van der Waals surface area contributed by atoms with Crippen LogP contribution in [-0.4, -0.2) is 18.3 Å². The molecule has 0 aliphatic carbocycles. The summed E-state index contributed by atoms with van der Waals surface area (Å²) >= 11 is 6.03. The molecule has 0 aromatic heterocycles. The van der Waals surface area contributed by atoms with Crippen LogP contribution >= 0.6 is 11.6 Å². The molecule has 7 heteroatoms. The number of carbonyl (C=O) groups excluding carboxylic acids is 2. The average molecular weight is 395 g/mol. The minimum absolute atomic E-state index is 0.254. The van der Waals surface area contributed by atoms with Gasteiger partial charge in [0.1, 0.15) is 11.4 Å². The van der Waals surface area contributed by atoms with Gasteiger partial charge in [0, 0.05) is 16.3 Å². The molecule has 0 heterocycles. The lowest BCUT2D eigenvalue weighted by atomic mass is 10.0. The van der Waals surface area contributed by atoms with Crippen molar-refractivity contribution >= 4 is 34.7 Å². The molecule has 28 heavy (non-hydrogen) atoms. The lowest BCUT2D eigenvalue weighted by Gasteiger charge is -2.12. The number of amides is 1. The van der Waals surface area contributed by atoms with E-state index in [1.54, 1.807) is 48.5 Å². The van der Waals surface area contributed by atoms with Gasteiger partial charge >= 0.3 is 0 Å². The topological polar surface area (TPSA) is 84.8 Å². The van der Waals surface area contributed by atoms with E-state index in [0.717, 1.165) is 0 Å². The van der Waals surface area contributed by atoms with Gasteiger partial charge in [0.2, 0.25) is 0 Å². The molecule has 0 unspecified atom stereocenters. The molecule has 0 aliphatic rings. The smallest absolute Gasteiger partial charge is 0.262 e. The van der Waals surface area contributed by atoms with Crippen molar-refractivity contribution in [2.45, 2.75) is 0 Å². The van der Waals surface area contributed by atoms with Crippen LogP contribution in [0.15, 0.2) is 78.0 Å². The summed E-state index contributed by atoms with van der Waals surface area (Å²) < 4.78 is 5.55. The zero-order valence-electron chi connectivity index (χ0n) is 14.6. The second-order valence-electron chi connectivity index (χ2n) is 5.81. The molecular weight excluding hydrogens is 380 g/mol. The summed E-state index contributed by atoms with van der Waals surface area (Å²) in [5, 5.41) is 5.82. The van der Waals surface area contributed by atoms with E-state index in [2.05, 4.69) is 10.5 Å². The van der Waals surface area contributed by atoms with Gasteiger partial charge in [-0.3, -0.25) is 9.59 Å². The van der Waals surface area contributed by atoms with Gasteiger partial charge in [0.25, 0.3) is 5.91 Å². The van der Waals surface area contributed by atoms with Gasteiger partial charge in [-0.15, -0.1) is 4.91 Å². The standard InChI is InChI=1S/C21H15ClN2O4/c22-15-6-11-19(18(12-15)21(26)14-4-2-1-3-5-14)28-13-20(25)23-16-7-9-17(24-27)10-8-16/h1-12H,13H2,(H,23,25). The van der Waals surface area contributed by atoms with E-state index in [1.165, 1.54) is 18.2 Å². The van der Waals surface area contributed by atoms with Crippen LogP contribution in [0.4, 0.5) is 11.4 Å². The van der Waals surface area contributed by atoms with E-state index >= 15 is 0 Å². The van der Waals surface area contributed by atoms with Crippen molar-refractivity contribution in [1.82, 2.24) is 0 Å². The average Bonchev–Trinajstić information content (AvgIpc) is 2.73. The van der Waals surface area contributed by atoms with E-state index in [-0.39, 0.29) is 29.4 Å². The Labute approximate surface area is 166 Å². The molecule has 0 aliphatic heterocycles. The molecule has 1 amide bonds. The minimum Gasteiger partial charge on any atom is -0.483 e. The molecule has 0 spiro atoms. The van der Waals surface area contributed by atoms with Crippen LogP contribution in [0.2, 0.25) is 5.02 Å². The Morgan fingerprint density at radius 3 is 2.36 bits per heavy atom. The number of halogens is 1. The molecule has 0 atom stereocenters. The first-order chi connectivity index (χ1) is 13.6. The van der Waals surface area contributed by atoms with Crippen LogP contribution in [0.25, 0.3) is 0 Å². The summed E-state index contributed by atoms with van der Waals surface area (Å²) in [6, 6.07) is 19.5. The van der Waals surface area contributed by atoms with Crippen molar-refractivity contribution < 1.29 is 14.3 Å². The van der Waals surface area contributed by atoms with Gasteiger partial charge in [-0.2, -0.15) is 0 Å². The number of hydrogen-bond acceptors (Lipinski definition) is 5. The van der Waals surface area contributed by atoms with Crippen molar-refractivity contribution in [2.75, 3.05) is 11.9 Å². The first-order valence-electron chi connectivity index (χ1n) is 8.32. The van der Waals surface area contributed by atoms with Crippen LogP contribution < -0.4 is 10.1 Å². The lowest BCUT2D eigenvalue weighted by Crippen LogP contribution is -2.21. The Balaban J connectivity index is 1.70. The van der Waals surface area contributed by atoms with Crippen molar-refractivity contribution in [3.8, 4) is 5.75 Å². The highest BCUT2D eigenvalue weighted by Crippen LogP contribution is 2.26. The Hall–Kier alpha value is -3.51. The Bertz CT molecular complexity index is 1000. The van der Waals surface area contributed by atoms with E-state index in [1.807, 2.05) is 6.07 Å². The third kappa shape index (κ3) is 4.81. The fraction of sp³-hybridized carbons (Fsp3) is 0.0476. The maximum Gasteiger partial charge on any atom is 0.262 e. The first kappa shape index (κ1) is 19.3. The number of ether oxygens (including phenoxy) is 1. The molecule has 0 bridgehead atoms. The summed E-state index contributed by atoms with van der Waals surface area (Å²) in [4.78, 5) is 35.3. The predicted molar refractivity (Wildman–Crippen MR) is 107 cm³/mol. The molecule has 0 radical (unpaired) electrons. The van der Waals surface area contributed by atoms with Gasteiger partial charge < -0.3 is 10.1 Å². The summed E-state index contributed by atoms with van der Waals surface area (Å²) in [6.07, 6.45) is 0. The van der Waals surface area contributed by atoms with Gasteiger partial charge in [0.05, 0.1) is 5.56 Å². The number of hydrogen-bond donors (Lipinski definition) is 1. The van der Waals surface area contributed by atoms with Crippen molar-refractivity contribution in [1.29, 1.82) is 0 Å². The van der Waals surface area contributed by atoms with Gasteiger partial charge in [-0.05, 0) is 47.6 Å². The molecule has 1 N–H and O–H groups in total. The Kier molecular flexibility index (Phi) is 6.14. The zero-order valence-corrected chi connectivity index (χ0v) is 15.3. The van der Waals surface area contributed by atoms with Crippen molar-refractivity contribution in [3.05, 3.63) is 93.9 Å². The molecule has 3 rings (SSSR count). The third-order valence-electron chi connectivity index (χ3n) is 3.84. The number of carbonyl (C=O) groups is 2. The fourth-order valence-corrected chi connectivity index (χ4v) is 2.67. The highest BCUT2D eigenvalue weighted by atomic mass is 35.5. The number of nitrogens with one attached hydrogen (secondary N) is 1. The normalized spacial score (nSPS) is 10.2. The quantitative estimate of drug-likeness (QED) is 0.452. The van der Waals surface area contributed by atoms with E-state index in [9.17, 15) is 14.5 Å². The Morgan fingerprint density at radius 2 is 1.68 bits per heavy atom. The third-order valence-corrected chi connectivity index (χ3v) is 4.07. The number of nitrogens with zero attached hydrogens (tertiary/aromatic N) is 1. The second kappa shape index (κ2) is 8.92.